The van der Waals surface area contributed by atoms with Crippen LogP contribution in [-0.2, 0) is 19.1 Å². The summed E-state index contributed by atoms with van der Waals surface area (Å²) in [4.78, 5) is 37.1. The van der Waals surface area contributed by atoms with E-state index < -0.39 is 16.9 Å². The highest BCUT2D eigenvalue weighted by Gasteiger charge is 2.38. The molecular weight excluding hydrogens is 340 g/mol. The third-order valence-corrected chi connectivity index (χ3v) is 3.92. The van der Waals surface area contributed by atoms with Crippen molar-refractivity contribution in [3.63, 3.8) is 0 Å². The summed E-state index contributed by atoms with van der Waals surface area (Å²) in [5.74, 6) is -1.24. The number of rotatable bonds is 5. The van der Waals surface area contributed by atoms with E-state index in [1.54, 1.807) is 32.1 Å². The molecular formula is C18H16N2O6. The predicted octanol–water partition coefficient (Wildman–Crippen LogP) is 2.12. The second-order valence-electron chi connectivity index (χ2n) is 5.41. The van der Waals surface area contributed by atoms with Crippen LogP contribution in [-0.4, -0.2) is 35.0 Å². The molecule has 3 aliphatic rings. The van der Waals surface area contributed by atoms with Gasteiger partial charge >= 0.3 is 11.9 Å². The lowest BCUT2D eigenvalue weighted by atomic mass is 9.93. The Kier molecular flexibility index (Phi) is 4.57. The Morgan fingerprint density at radius 3 is 2.42 bits per heavy atom. The van der Waals surface area contributed by atoms with Crippen molar-refractivity contribution in [2.45, 2.75) is 13.8 Å². The van der Waals surface area contributed by atoms with Crippen LogP contribution >= 0.6 is 0 Å². The Morgan fingerprint density at radius 2 is 1.77 bits per heavy atom. The van der Waals surface area contributed by atoms with Crippen molar-refractivity contribution in [3.8, 4) is 0 Å². The number of hydrogen-bond donors (Lipinski definition) is 0. The van der Waals surface area contributed by atoms with Crippen molar-refractivity contribution < 1.29 is 24.0 Å². The molecule has 0 aromatic heterocycles. The Labute approximate surface area is 149 Å². The minimum atomic E-state index is -0.619. The molecule has 0 aromatic rings. The Hall–Kier alpha value is -3.42. The van der Waals surface area contributed by atoms with Crippen molar-refractivity contribution in [1.29, 1.82) is 0 Å². The zero-order valence-electron chi connectivity index (χ0n) is 14.2. The van der Waals surface area contributed by atoms with Gasteiger partial charge < -0.3 is 14.4 Å². The number of nitro groups is 1. The molecule has 26 heavy (non-hydrogen) atoms. The third kappa shape index (κ3) is 2.75. The number of carbonyl (C=O) groups is 2. The Morgan fingerprint density at radius 1 is 1.08 bits per heavy atom. The molecule has 0 amide bonds. The van der Waals surface area contributed by atoms with Crippen molar-refractivity contribution in [3.05, 3.63) is 80.5 Å². The average Bonchev–Trinajstić information content (AvgIpc) is 2.62. The van der Waals surface area contributed by atoms with Crippen LogP contribution in [0.15, 0.2) is 70.4 Å². The van der Waals surface area contributed by atoms with Crippen LogP contribution in [0.2, 0.25) is 0 Å². The van der Waals surface area contributed by atoms with Gasteiger partial charge in [-0.25, -0.2) is 9.59 Å². The monoisotopic (exact) mass is 356 g/mol. The van der Waals surface area contributed by atoms with Gasteiger partial charge in [0.25, 0.3) is 5.70 Å². The lowest BCUT2D eigenvalue weighted by molar-refractivity contribution is -0.421. The van der Waals surface area contributed by atoms with Gasteiger partial charge in [-0.1, -0.05) is 6.08 Å². The van der Waals surface area contributed by atoms with Gasteiger partial charge in [-0.15, -0.1) is 0 Å². The highest BCUT2D eigenvalue weighted by atomic mass is 16.6. The number of hydrogen-bond acceptors (Lipinski definition) is 7. The molecule has 3 heterocycles. The molecule has 0 atom stereocenters. The van der Waals surface area contributed by atoms with Gasteiger partial charge in [0, 0.05) is 6.08 Å². The number of nitrogens with zero attached hydrogens (tertiary/aromatic N) is 2. The minimum absolute atomic E-state index is 0.135. The second kappa shape index (κ2) is 6.83. The number of ether oxygens (including phenoxy) is 2. The fourth-order valence-corrected chi connectivity index (χ4v) is 2.90. The standard InChI is InChI=1S/C18H16N2O6/c1-3-25-17(21)11-10-12(18(22)26-4-2)14-8-9-16(20(23)24)15-7-5-6-13(11)19(14)15/h5-10H,3-4H2,1-2H3. The van der Waals surface area contributed by atoms with E-state index in [1.807, 2.05) is 0 Å². The first-order valence-corrected chi connectivity index (χ1v) is 8.05. The van der Waals surface area contributed by atoms with E-state index in [0.29, 0.717) is 11.4 Å². The molecule has 0 saturated heterocycles. The second-order valence-corrected chi connectivity index (χ2v) is 5.41. The first kappa shape index (κ1) is 17.4. The van der Waals surface area contributed by atoms with E-state index >= 15 is 0 Å². The minimum Gasteiger partial charge on any atom is -0.462 e. The molecule has 0 unspecified atom stereocenters. The maximum atomic E-state index is 12.4. The van der Waals surface area contributed by atoms with Crippen molar-refractivity contribution >= 4 is 11.9 Å². The summed E-state index contributed by atoms with van der Waals surface area (Å²) in [6, 6.07) is 0. The SMILES string of the molecule is CCOC(=O)C1=CC(C(=O)OCC)=C2C=CC([N+](=O)[O-])=C3C=CC=C1N23. The first-order valence-electron chi connectivity index (χ1n) is 8.05. The van der Waals surface area contributed by atoms with Crippen LogP contribution in [0.3, 0.4) is 0 Å². The summed E-state index contributed by atoms with van der Waals surface area (Å²) in [7, 11) is 0. The van der Waals surface area contributed by atoms with Gasteiger partial charge in [0.2, 0.25) is 0 Å². The largest absolute Gasteiger partial charge is 0.462 e. The van der Waals surface area contributed by atoms with Gasteiger partial charge in [-0.2, -0.15) is 0 Å². The van der Waals surface area contributed by atoms with E-state index in [2.05, 4.69) is 0 Å². The highest BCUT2D eigenvalue weighted by molar-refractivity contribution is 6.01. The maximum absolute atomic E-state index is 12.4. The van der Waals surface area contributed by atoms with E-state index in [4.69, 9.17) is 9.47 Å². The van der Waals surface area contributed by atoms with Gasteiger partial charge in [-0.3, -0.25) is 10.1 Å². The molecule has 3 aliphatic heterocycles. The summed E-state index contributed by atoms with van der Waals surface area (Å²) in [5.41, 5.74) is 1.23. The van der Waals surface area contributed by atoms with Gasteiger partial charge in [0.15, 0.2) is 0 Å². The summed E-state index contributed by atoms with van der Waals surface area (Å²) in [6.07, 6.45) is 9.03. The zero-order valence-corrected chi connectivity index (χ0v) is 14.2. The third-order valence-electron chi connectivity index (χ3n) is 3.92. The van der Waals surface area contributed by atoms with Gasteiger partial charge in [-0.05, 0) is 38.2 Å². The van der Waals surface area contributed by atoms with Crippen molar-refractivity contribution in [2.75, 3.05) is 13.2 Å². The lowest BCUT2D eigenvalue weighted by Crippen LogP contribution is -2.34. The van der Waals surface area contributed by atoms with Crippen molar-refractivity contribution in [2.24, 2.45) is 0 Å². The fraction of sp³-hybridized carbons (Fsp3) is 0.222. The molecule has 8 nitrogen and oxygen atoms in total. The molecule has 0 radical (unpaired) electrons. The smallest absolute Gasteiger partial charge is 0.340 e. The summed E-state index contributed by atoms with van der Waals surface area (Å²) in [6.45, 7) is 3.66. The number of allylic oxidation sites excluding steroid dienone is 5. The number of carbonyl (C=O) groups excluding carboxylic acids is 2. The fourth-order valence-electron chi connectivity index (χ4n) is 2.90. The Bertz CT molecular complexity index is 885. The summed E-state index contributed by atoms with van der Waals surface area (Å²) < 4.78 is 10.1. The van der Waals surface area contributed by atoms with E-state index in [1.165, 1.54) is 23.1 Å². The molecule has 0 bridgehead atoms. The average molecular weight is 356 g/mol. The van der Waals surface area contributed by atoms with Crippen LogP contribution in [0.1, 0.15) is 13.8 Å². The van der Waals surface area contributed by atoms with Crippen LogP contribution in [0.5, 0.6) is 0 Å². The van der Waals surface area contributed by atoms with E-state index in [9.17, 15) is 19.7 Å². The summed E-state index contributed by atoms with van der Waals surface area (Å²) >= 11 is 0. The van der Waals surface area contributed by atoms with Crippen LogP contribution in [0.25, 0.3) is 0 Å². The molecule has 0 aromatic carbocycles. The molecule has 3 rings (SSSR count). The molecule has 0 saturated carbocycles. The quantitative estimate of drug-likeness (QED) is 0.423. The topological polar surface area (TPSA) is 99.0 Å². The molecule has 0 spiro atoms. The predicted molar refractivity (Wildman–Crippen MR) is 90.6 cm³/mol. The van der Waals surface area contributed by atoms with E-state index in [0.717, 1.165) is 0 Å². The van der Waals surface area contributed by atoms with Crippen LogP contribution in [0.4, 0.5) is 0 Å². The highest BCUT2D eigenvalue weighted by Crippen LogP contribution is 2.40. The molecule has 0 N–H and O–H groups in total. The number of esters is 2. The lowest BCUT2D eigenvalue weighted by Gasteiger charge is -2.36. The Balaban J connectivity index is 2.22. The summed E-state index contributed by atoms with van der Waals surface area (Å²) in [5, 5.41) is 11.4. The molecule has 134 valence electrons. The van der Waals surface area contributed by atoms with Crippen LogP contribution in [0, 0.1) is 10.1 Å². The van der Waals surface area contributed by atoms with Crippen LogP contribution < -0.4 is 0 Å². The first-order chi connectivity index (χ1) is 12.5. The normalized spacial score (nSPS) is 17.5. The van der Waals surface area contributed by atoms with Gasteiger partial charge in [0.1, 0.15) is 5.70 Å². The van der Waals surface area contributed by atoms with Crippen molar-refractivity contribution in [1.82, 2.24) is 4.90 Å². The maximum Gasteiger partial charge on any atom is 0.340 e. The van der Waals surface area contributed by atoms with Gasteiger partial charge in [0.05, 0.1) is 40.7 Å². The zero-order chi connectivity index (χ0) is 18.8. The molecule has 8 heteroatoms. The molecule has 0 fully saturated rings. The van der Waals surface area contributed by atoms with E-state index in [-0.39, 0.29) is 35.8 Å². The molecule has 0 aliphatic carbocycles.